The smallest absolute Gasteiger partial charge is 0.338 e. The van der Waals surface area contributed by atoms with Gasteiger partial charge in [-0.3, -0.25) is 14.5 Å². The van der Waals surface area contributed by atoms with Gasteiger partial charge in [0.25, 0.3) is 11.8 Å². The van der Waals surface area contributed by atoms with Crippen LogP contribution < -0.4 is 10.7 Å². The zero-order valence-electron chi connectivity index (χ0n) is 28.2. The lowest BCUT2D eigenvalue weighted by Gasteiger charge is -2.19. The third kappa shape index (κ3) is 6.19. The van der Waals surface area contributed by atoms with Crippen molar-refractivity contribution in [3.8, 4) is 22.5 Å². The number of fused-ring (bicyclic) bond motifs is 2. The number of carbonyl (C=O) groups excluding carboxylic acids is 3. The average Bonchev–Trinajstić information content (AvgIpc) is 3.43. The minimum absolute atomic E-state index is 0.0303. The van der Waals surface area contributed by atoms with Crippen LogP contribution in [0, 0.1) is 27.7 Å². The van der Waals surface area contributed by atoms with Crippen LogP contribution in [-0.2, 0) is 14.3 Å². The molecule has 8 heteroatoms. The Balaban J connectivity index is 1.35. The second kappa shape index (κ2) is 13.3. The van der Waals surface area contributed by atoms with Crippen LogP contribution >= 0.6 is 0 Å². The number of imide groups is 1. The predicted octanol–water partition coefficient (Wildman–Crippen LogP) is 8.50. The van der Waals surface area contributed by atoms with Gasteiger partial charge in [-0.1, -0.05) is 54.6 Å². The molecule has 3 aliphatic rings. The number of para-hydroxylation sites is 2. The monoisotopic (exact) mass is 661 g/mol. The molecule has 4 aromatic rings. The van der Waals surface area contributed by atoms with Crippen molar-refractivity contribution in [2.45, 2.75) is 27.7 Å². The summed E-state index contributed by atoms with van der Waals surface area (Å²) in [7, 11) is 0. The van der Waals surface area contributed by atoms with Crippen molar-refractivity contribution in [1.29, 1.82) is 0 Å². The lowest BCUT2D eigenvalue weighted by atomic mass is 9.90. The van der Waals surface area contributed by atoms with Crippen molar-refractivity contribution in [2.75, 3.05) is 18.5 Å². The van der Waals surface area contributed by atoms with Crippen LogP contribution in [0.3, 0.4) is 0 Å². The largest absolute Gasteiger partial charge is 0.460 e. The van der Waals surface area contributed by atoms with Gasteiger partial charge in [-0.05, 0) is 85.8 Å². The maximum atomic E-state index is 13.6. The molecule has 0 spiro atoms. The number of hydrogen-bond donors (Lipinski definition) is 1. The Bertz CT molecular complexity index is 2350. The van der Waals surface area contributed by atoms with Gasteiger partial charge in [0.15, 0.2) is 0 Å². The number of aryl methyl sites for hydroxylation is 4. The number of anilines is 2. The van der Waals surface area contributed by atoms with Gasteiger partial charge in [-0.15, -0.1) is 0 Å². The van der Waals surface area contributed by atoms with Crippen molar-refractivity contribution >= 4 is 45.8 Å². The van der Waals surface area contributed by atoms with E-state index in [1.54, 1.807) is 12.1 Å². The molecule has 2 aliphatic heterocycles. The Morgan fingerprint density at radius 1 is 0.760 bits per heavy atom. The highest BCUT2D eigenvalue weighted by atomic mass is 16.5. The van der Waals surface area contributed by atoms with E-state index in [1.807, 2.05) is 86.6 Å². The Kier molecular flexibility index (Phi) is 8.60. The molecule has 2 heterocycles. The van der Waals surface area contributed by atoms with Gasteiger partial charge in [-0.25, -0.2) is 9.79 Å². The Morgan fingerprint density at radius 2 is 1.44 bits per heavy atom. The topological polar surface area (TPSA) is 101 Å². The zero-order valence-corrected chi connectivity index (χ0v) is 28.2. The molecular formula is C42H35N3O5. The van der Waals surface area contributed by atoms with E-state index in [0.29, 0.717) is 22.5 Å². The first-order valence-corrected chi connectivity index (χ1v) is 16.4. The number of hydrogen-bond acceptors (Lipinski definition) is 7. The standard InChI is InChI=1S/C42H35N3O5/c1-25-9-7-10-26(2)40(25)43-29-15-17-33-35(23-29)50-36-24-30(44-41-27(3)11-8-12-28(41)4)16-18-34(36)39(33)31-13-5-6-14-32(31)42(48)49-22-21-45-37(46)19-20-38(45)47/h5-20,23-24,43H,21-22H2,1-4H3/b44-30-. The molecule has 7 rings (SSSR count). The minimum Gasteiger partial charge on any atom is -0.460 e. The normalized spacial score (nSPS) is 13.1. The lowest BCUT2D eigenvalue weighted by Crippen LogP contribution is -2.33. The molecule has 50 heavy (non-hydrogen) atoms. The van der Waals surface area contributed by atoms with Gasteiger partial charge in [0.2, 0.25) is 0 Å². The summed E-state index contributed by atoms with van der Waals surface area (Å²) in [6.07, 6.45) is 2.42. The van der Waals surface area contributed by atoms with Crippen LogP contribution in [0.5, 0.6) is 0 Å². The molecule has 0 bridgehead atoms. The van der Waals surface area contributed by atoms with Crippen LogP contribution in [-0.4, -0.2) is 35.8 Å². The van der Waals surface area contributed by atoms with E-state index >= 15 is 0 Å². The first kappa shape index (κ1) is 32.3. The second-order valence-corrected chi connectivity index (χ2v) is 12.5. The van der Waals surface area contributed by atoms with Gasteiger partial charge in [0, 0.05) is 52.2 Å². The van der Waals surface area contributed by atoms with Crippen molar-refractivity contribution < 1.29 is 23.5 Å². The van der Waals surface area contributed by atoms with E-state index in [2.05, 4.69) is 31.3 Å². The molecule has 0 fully saturated rings. The first-order chi connectivity index (χ1) is 24.2. The summed E-state index contributed by atoms with van der Waals surface area (Å²) in [6, 6.07) is 31.4. The van der Waals surface area contributed by atoms with Gasteiger partial charge in [-0.2, -0.15) is 0 Å². The molecule has 8 nitrogen and oxygen atoms in total. The molecule has 0 atom stereocenters. The highest BCUT2D eigenvalue weighted by Gasteiger charge is 2.25. The molecule has 2 amide bonds. The molecule has 1 N–H and O–H groups in total. The van der Waals surface area contributed by atoms with Gasteiger partial charge >= 0.3 is 5.97 Å². The Labute approximate surface area is 289 Å². The average molecular weight is 662 g/mol. The van der Waals surface area contributed by atoms with Crippen LogP contribution in [0.4, 0.5) is 17.1 Å². The van der Waals surface area contributed by atoms with E-state index in [-0.39, 0.29) is 13.2 Å². The third-order valence-electron chi connectivity index (χ3n) is 9.00. The molecule has 4 aromatic carbocycles. The summed E-state index contributed by atoms with van der Waals surface area (Å²) in [4.78, 5) is 43.6. The molecule has 0 radical (unpaired) electrons. The summed E-state index contributed by atoms with van der Waals surface area (Å²) in [5.41, 5.74) is 10.4. The number of nitrogens with one attached hydrogen (secondary N) is 1. The van der Waals surface area contributed by atoms with E-state index in [0.717, 1.165) is 66.1 Å². The number of esters is 1. The molecule has 248 valence electrons. The number of carbonyl (C=O) groups is 3. The van der Waals surface area contributed by atoms with Crippen molar-refractivity contribution in [3.05, 3.63) is 142 Å². The molecule has 0 saturated carbocycles. The molecule has 0 saturated heterocycles. The van der Waals surface area contributed by atoms with E-state index in [4.69, 9.17) is 14.1 Å². The molecule has 0 unspecified atom stereocenters. The number of ether oxygens (including phenoxy) is 1. The summed E-state index contributed by atoms with van der Waals surface area (Å²) in [6.45, 7) is 8.07. The van der Waals surface area contributed by atoms with E-state index in [9.17, 15) is 14.4 Å². The highest BCUT2D eigenvalue weighted by molar-refractivity contribution is 6.13. The van der Waals surface area contributed by atoms with Crippen molar-refractivity contribution in [3.63, 3.8) is 0 Å². The summed E-state index contributed by atoms with van der Waals surface area (Å²) < 4.78 is 12.3. The first-order valence-electron chi connectivity index (χ1n) is 16.4. The number of amides is 2. The lowest BCUT2D eigenvalue weighted by molar-refractivity contribution is -0.137. The van der Waals surface area contributed by atoms with E-state index in [1.165, 1.54) is 12.2 Å². The number of rotatable bonds is 8. The summed E-state index contributed by atoms with van der Waals surface area (Å²) in [5, 5.41) is 5.12. The molecule has 1 aliphatic carbocycles. The Morgan fingerprint density at radius 3 is 2.16 bits per heavy atom. The maximum absolute atomic E-state index is 13.6. The number of nitrogens with zero attached hydrogens (tertiary/aromatic N) is 2. The van der Waals surface area contributed by atoms with Gasteiger partial charge in [0.1, 0.15) is 18.0 Å². The number of benzene rings is 5. The minimum atomic E-state index is -0.565. The maximum Gasteiger partial charge on any atom is 0.338 e. The summed E-state index contributed by atoms with van der Waals surface area (Å²) in [5.74, 6) is -0.809. The van der Waals surface area contributed by atoms with Crippen LogP contribution in [0.25, 0.3) is 33.4 Å². The second-order valence-electron chi connectivity index (χ2n) is 12.5. The molecular weight excluding hydrogens is 626 g/mol. The fraction of sp³-hybridized carbons (Fsp3) is 0.143. The SMILES string of the molecule is Cc1cccc(C)c1/N=c1/ccc2c(-c3ccccc3C(=O)OCCN3C(=O)C=CC3=O)c3ccc(Nc4c(C)cccc4C)cc3oc-2c1. The fourth-order valence-electron chi connectivity index (χ4n) is 6.42. The predicted molar refractivity (Wildman–Crippen MR) is 195 cm³/mol. The van der Waals surface area contributed by atoms with Crippen molar-refractivity contribution in [2.24, 2.45) is 4.99 Å². The van der Waals surface area contributed by atoms with Gasteiger partial charge in [0.05, 0.1) is 23.2 Å². The summed E-state index contributed by atoms with van der Waals surface area (Å²) >= 11 is 0. The Hall–Kier alpha value is -6.28. The van der Waals surface area contributed by atoms with Crippen LogP contribution in [0.2, 0.25) is 0 Å². The third-order valence-corrected chi connectivity index (χ3v) is 9.00. The quantitative estimate of drug-likeness (QED) is 0.0998. The van der Waals surface area contributed by atoms with Crippen LogP contribution in [0.1, 0.15) is 32.6 Å². The molecule has 0 aromatic heterocycles. The zero-order chi connectivity index (χ0) is 34.9. The van der Waals surface area contributed by atoms with Crippen molar-refractivity contribution in [1.82, 2.24) is 4.90 Å². The fourth-order valence-corrected chi connectivity index (χ4v) is 6.42. The van der Waals surface area contributed by atoms with Crippen LogP contribution in [0.15, 0.2) is 119 Å². The van der Waals surface area contributed by atoms with E-state index < -0.39 is 17.8 Å². The van der Waals surface area contributed by atoms with Gasteiger partial charge < -0.3 is 14.5 Å². The highest BCUT2D eigenvalue weighted by Crippen LogP contribution is 2.42.